The Balaban J connectivity index is 1.66. The van der Waals surface area contributed by atoms with E-state index in [1.54, 1.807) is 6.20 Å². The number of nitrogen functional groups attached to an aromatic ring is 2. The van der Waals surface area contributed by atoms with Crippen molar-refractivity contribution in [3.8, 4) is 5.75 Å². The smallest absolute Gasteiger partial charge is 0.153 e. The third-order valence-electron chi connectivity index (χ3n) is 4.03. The summed E-state index contributed by atoms with van der Waals surface area (Å²) in [5, 5.41) is 7.68. The number of H-pyrrole nitrogens is 1. The lowest BCUT2D eigenvalue weighted by atomic mass is 10.0. The van der Waals surface area contributed by atoms with Crippen LogP contribution in [0, 0.1) is 0 Å². The highest BCUT2D eigenvalue weighted by Gasteiger charge is 2.14. The summed E-state index contributed by atoms with van der Waals surface area (Å²) in [6.07, 6.45) is 10.5. The number of allylic oxidation sites excluding steroid dienone is 5. The predicted molar refractivity (Wildman–Crippen MR) is 99.6 cm³/mol. The molecular weight excluding hydrogens is 314 g/mol. The molecule has 0 unspecified atom stereocenters. The van der Waals surface area contributed by atoms with Gasteiger partial charge in [-0.2, -0.15) is 5.10 Å². The summed E-state index contributed by atoms with van der Waals surface area (Å²) in [5.41, 5.74) is 14.4. The van der Waals surface area contributed by atoms with Crippen molar-refractivity contribution in [2.75, 3.05) is 11.5 Å². The molecule has 2 heterocycles. The van der Waals surface area contributed by atoms with Gasteiger partial charge in [-0.1, -0.05) is 30.4 Å². The molecule has 5 N–H and O–H groups in total. The molecule has 0 spiro atoms. The minimum atomic E-state index is 0.382. The Bertz CT molecular complexity index is 1010. The molecule has 0 atom stereocenters. The number of fused-ring (bicyclic) bond motifs is 1. The monoisotopic (exact) mass is 331 g/mol. The first kappa shape index (κ1) is 15.0. The molecule has 0 fully saturated rings. The van der Waals surface area contributed by atoms with Crippen molar-refractivity contribution in [2.24, 2.45) is 0 Å². The normalized spacial score (nSPS) is 14.1. The van der Waals surface area contributed by atoms with Gasteiger partial charge in [0.05, 0.1) is 5.39 Å². The maximum Gasteiger partial charge on any atom is 0.153 e. The Labute approximate surface area is 144 Å². The molecule has 0 aliphatic heterocycles. The number of nitrogens with zero attached hydrogens (tertiary/aromatic N) is 2. The third kappa shape index (κ3) is 2.85. The van der Waals surface area contributed by atoms with Crippen LogP contribution in [-0.2, 0) is 0 Å². The Morgan fingerprint density at radius 1 is 1.00 bits per heavy atom. The number of nitrogens with one attached hydrogen (secondary N) is 1. The number of benzene rings is 1. The number of para-hydroxylation sites is 1. The summed E-state index contributed by atoms with van der Waals surface area (Å²) in [5.74, 6) is 2.38. The van der Waals surface area contributed by atoms with E-state index in [0.29, 0.717) is 17.2 Å². The molecule has 0 saturated heterocycles. The summed E-state index contributed by atoms with van der Waals surface area (Å²) in [6.45, 7) is 0. The topological polar surface area (TPSA) is 103 Å². The van der Waals surface area contributed by atoms with E-state index >= 15 is 0 Å². The van der Waals surface area contributed by atoms with Crippen LogP contribution in [0.1, 0.15) is 12.0 Å². The van der Waals surface area contributed by atoms with Crippen LogP contribution in [0.15, 0.2) is 66.6 Å². The molecule has 0 bridgehead atoms. The molecule has 4 rings (SSSR count). The van der Waals surface area contributed by atoms with Gasteiger partial charge in [-0.05, 0) is 36.3 Å². The van der Waals surface area contributed by atoms with E-state index in [9.17, 15) is 0 Å². The molecule has 2 aromatic heterocycles. The van der Waals surface area contributed by atoms with Crippen molar-refractivity contribution >= 4 is 28.1 Å². The number of pyridine rings is 1. The summed E-state index contributed by atoms with van der Waals surface area (Å²) < 4.78 is 5.90. The lowest BCUT2D eigenvalue weighted by molar-refractivity contribution is 0.443. The number of hydrogen-bond acceptors (Lipinski definition) is 5. The molecule has 0 amide bonds. The lowest BCUT2D eigenvalue weighted by Gasteiger charge is -2.06. The van der Waals surface area contributed by atoms with E-state index in [1.165, 1.54) is 0 Å². The molecule has 124 valence electrons. The van der Waals surface area contributed by atoms with Gasteiger partial charge in [-0.3, -0.25) is 5.10 Å². The largest absolute Gasteiger partial charge is 0.458 e. The first-order valence-electron chi connectivity index (χ1n) is 7.92. The highest BCUT2D eigenvalue weighted by atomic mass is 16.5. The number of nitrogens with two attached hydrogens (primary N) is 2. The number of ether oxygens (including phenoxy) is 1. The van der Waals surface area contributed by atoms with Crippen LogP contribution in [0.2, 0.25) is 0 Å². The highest BCUT2D eigenvalue weighted by molar-refractivity contribution is 6.03. The van der Waals surface area contributed by atoms with E-state index < -0.39 is 0 Å². The average molecular weight is 331 g/mol. The minimum absolute atomic E-state index is 0.382. The standard InChI is InChI=1S/C19H17N5O/c20-18-16-15(11-22-19(21)17(16)23-24-18)12-5-4-8-14(10-9-12)25-13-6-2-1-3-7-13/h1-3,5-11H,4H2,(H2,21,22)(H3,20,23,24). The lowest BCUT2D eigenvalue weighted by Crippen LogP contribution is -1.95. The third-order valence-corrected chi connectivity index (χ3v) is 4.03. The second kappa shape index (κ2) is 6.16. The van der Waals surface area contributed by atoms with E-state index in [2.05, 4.69) is 21.3 Å². The fraction of sp³-hybridized carbons (Fsp3) is 0.0526. The van der Waals surface area contributed by atoms with Gasteiger partial charge in [0.25, 0.3) is 0 Å². The molecule has 0 saturated carbocycles. The van der Waals surface area contributed by atoms with Crippen molar-refractivity contribution < 1.29 is 4.74 Å². The molecule has 6 heteroatoms. The number of aromatic nitrogens is 3. The molecular formula is C19H17N5O. The first-order valence-corrected chi connectivity index (χ1v) is 7.92. The van der Waals surface area contributed by atoms with Gasteiger partial charge >= 0.3 is 0 Å². The average Bonchev–Trinajstić information content (AvgIpc) is 2.87. The Morgan fingerprint density at radius 2 is 1.84 bits per heavy atom. The van der Waals surface area contributed by atoms with Crippen molar-refractivity contribution in [3.63, 3.8) is 0 Å². The molecule has 25 heavy (non-hydrogen) atoms. The van der Waals surface area contributed by atoms with Crippen LogP contribution in [0.3, 0.4) is 0 Å². The zero-order valence-corrected chi connectivity index (χ0v) is 13.4. The SMILES string of the molecule is Nc1ncc(C2=CCC=C(Oc3ccccc3)C=C2)c2c(N)n[nH]c12. The highest BCUT2D eigenvalue weighted by Crippen LogP contribution is 2.32. The van der Waals surface area contributed by atoms with Gasteiger partial charge in [0.2, 0.25) is 0 Å². The van der Waals surface area contributed by atoms with Gasteiger partial charge in [-0.25, -0.2) is 4.98 Å². The fourth-order valence-electron chi connectivity index (χ4n) is 2.81. The Kier molecular flexibility index (Phi) is 3.70. The second-order valence-corrected chi connectivity index (χ2v) is 5.67. The van der Waals surface area contributed by atoms with Gasteiger partial charge in [0.15, 0.2) is 5.82 Å². The van der Waals surface area contributed by atoms with Crippen molar-refractivity contribution in [2.45, 2.75) is 6.42 Å². The van der Waals surface area contributed by atoms with Crippen LogP contribution >= 0.6 is 0 Å². The molecule has 3 aromatic rings. The summed E-state index contributed by atoms with van der Waals surface area (Å²) in [4.78, 5) is 4.24. The molecule has 1 aliphatic rings. The maximum absolute atomic E-state index is 6.01. The van der Waals surface area contributed by atoms with Crippen molar-refractivity contribution in [1.82, 2.24) is 15.2 Å². The summed E-state index contributed by atoms with van der Waals surface area (Å²) >= 11 is 0. The number of anilines is 2. The Morgan fingerprint density at radius 3 is 2.68 bits per heavy atom. The molecule has 6 nitrogen and oxygen atoms in total. The van der Waals surface area contributed by atoms with Gasteiger partial charge in [0.1, 0.15) is 22.8 Å². The zero-order valence-electron chi connectivity index (χ0n) is 13.4. The van der Waals surface area contributed by atoms with Crippen LogP contribution < -0.4 is 16.2 Å². The molecule has 1 aromatic carbocycles. The summed E-state index contributed by atoms with van der Waals surface area (Å²) in [7, 11) is 0. The second-order valence-electron chi connectivity index (χ2n) is 5.67. The molecule has 0 radical (unpaired) electrons. The van der Waals surface area contributed by atoms with Crippen LogP contribution in [0.25, 0.3) is 16.5 Å². The Hall–Kier alpha value is -3.54. The fourth-order valence-corrected chi connectivity index (χ4v) is 2.81. The predicted octanol–water partition coefficient (Wildman–Crippen LogP) is 3.43. The van der Waals surface area contributed by atoms with Gasteiger partial charge in [-0.15, -0.1) is 0 Å². The maximum atomic E-state index is 6.01. The van der Waals surface area contributed by atoms with Gasteiger partial charge in [0, 0.05) is 11.8 Å². The van der Waals surface area contributed by atoms with E-state index in [0.717, 1.165) is 34.5 Å². The zero-order chi connectivity index (χ0) is 17.2. The van der Waals surface area contributed by atoms with E-state index in [4.69, 9.17) is 16.2 Å². The number of rotatable bonds is 3. The molecule has 1 aliphatic carbocycles. The summed E-state index contributed by atoms with van der Waals surface area (Å²) in [6, 6.07) is 9.69. The van der Waals surface area contributed by atoms with Crippen LogP contribution in [-0.4, -0.2) is 15.2 Å². The van der Waals surface area contributed by atoms with E-state index in [-0.39, 0.29) is 0 Å². The first-order chi connectivity index (χ1) is 12.2. The van der Waals surface area contributed by atoms with Crippen molar-refractivity contribution in [1.29, 1.82) is 0 Å². The minimum Gasteiger partial charge on any atom is -0.458 e. The van der Waals surface area contributed by atoms with E-state index in [1.807, 2.05) is 48.6 Å². The number of hydrogen-bond donors (Lipinski definition) is 3. The van der Waals surface area contributed by atoms with Gasteiger partial charge < -0.3 is 16.2 Å². The number of aromatic amines is 1. The van der Waals surface area contributed by atoms with Crippen LogP contribution in [0.5, 0.6) is 5.75 Å². The van der Waals surface area contributed by atoms with Crippen LogP contribution in [0.4, 0.5) is 11.6 Å². The van der Waals surface area contributed by atoms with Crippen molar-refractivity contribution in [3.05, 3.63) is 72.2 Å². The quantitative estimate of drug-likeness (QED) is 0.682.